The van der Waals surface area contributed by atoms with Crippen LogP contribution in [0.3, 0.4) is 0 Å². The molecule has 0 aromatic heterocycles. The van der Waals surface area contributed by atoms with Gasteiger partial charge in [-0.25, -0.2) is 0 Å². The van der Waals surface area contributed by atoms with Crippen LogP contribution in [0, 0.1) is 11.8 Å². The van der Waals surface area contributed by atoms with E-state index in [1.165, 1.54) is 31.2 Å². The first-order valence-electron chi connectivity index (χ1n) is 7.14. The summed E-state index contributed by atoms with van der Waals surface area (Å²) in [5, 5.41) is 4.51. The maximum Gasteiger partial charge on any atom is 0.0453 e. The summed E-state index contributed by atoms with van der Waals surface area (Å²) in [5.41, 5.74) is 1.21. The highest BCUT2D eigenvalue weighted by atomic mass is 35.5. The Morgan fingerprint density at radius 1 is 1.22 bits per heavy atom. The van der Waals surface area contributed by atoms with Crippen LogP contribution in [0.2, 0.25) is 5.02 Å². The third-order valence-corrected chi connectivity index (χ3v) is 4.56. The lowest BCUT2D eigenvalue weighted by atomic mass is 9.83. The van der Waals surface area contributed by atoms with E-state index in [-0.39, 0.29) is 0 Å². The van der Waals surface area contributed by atoms with E-state index >= 15 is 0 Å². The highest BCUT2D eigenvalue weighted by molar-refractivity contribution is 6.31. The van der Waals surface area contributed by atoms with E-state index in [0.717, 1.165) is 23.4 Å². The molecule has 0 radical (unpaired) electrons. The van der Waals surface area contributed by atoms with Gasteiger partial charge in [0.15, 0.2) is 0 Å². The summed E-state index contributed by atoms with van der Waals surface area (Å²) in [6.07, 6.45) is 5.55. The highest BCUT2D eigenvalue weighted by Gasteiger charge is 2.19. The molecule has 1 nitrogen and oxygen atoms in total. The Morgan fingerprint density at radius 3 is 2.56 bits per heavy atom. The van der Waals surface area contributed by atoms with Gasteiger partial charge in [0.1, 0.15) is 0 Å². The lowest BCUT2D eigenvalue weighted by molar-refractivity contribution is 0.276. The summed E-state index contributed by atoms with van der Waals surface area (Å²) in [6.45, 7) is 5.70. The maximum absolute atomic E-state index is 6.22. The van der Waals surface area contributed by atoms with Crippen LogP contribution >= 0.6 is 11.6 Å². The highest BCUT2D eigenvalue weighted by Crippen LogP contribution is 2.28. The molecule has 1 aromatic carbocycles. The molecule has 1 N–H and O–H groups in total. The molecular weight excluding hydrogens is 242 g/mol. The SMILES string of the molecule is CC1CCC(CN[C@@H](C)c2ccccc2Cl)CC1. The lowest BCUT2D eigenvalue weighted by Crippen LogP contribution is -2.28. The van der Waals surface area contributed by atoms with Gasteiger partial charge in [-0.3, -0.25) is 0 Å². The fourth-order valence-electron chi connectivity index (χ4n) is 2.81. The number of rotatable bonds is 4. The van der Waals surface area contributed by atoms with Crippen molar-refractivity contribution in [3.05, 3.63) is 34.9 Å². The summed E-state index contributed by atoms with van der Waals surface area (Å²) >= 11 is 6.22. The van der Waals surface area contributed by atoms with Crippen LogP contribution in [0.15, 0.2) is 24.3 Å². The quantitative estimate of drug-likeness (QED) is 0.823. The number of benzene rings is 1. The van der Waals surface area contributed by atoms with E-state index in [2.05, 4.69) is 31.3 Å². The first kappa shape index (κ1) is 13.9. The Hall–Kier alpha value is -0.530. The molecule has 0 bridgehead atoms. The smallest absolute Gasteiger partial charge is 0.0453 e. The van der Waals surface area contributed by atoms with Gasteiger partial charge in [-0.1, -0.05) is 49.6 Å². The van der Waals surface area contributed by atoms with Gasteiger partial charge in [-0.2, -0.15) is 0 Å². The second kappa shape index (κ2) is 6.58. The molecule has 0 amide bonds. The Bertz CT molecular complexity index is 369. The monoisotopic (exact) mass is 265 g/mol. The molecule has 1 aliphatic carbocycles. The fraction of sp³-hybridized carbons (Fsp3) is 0.625. The molecule has 0 heterocycles. The predicted octanol–water partition coefficient (Wildman–Crippen LogP) is 4.82. The van der Waals surface area contributed by atoms with Gasteiger partial charge in [0.2, 0.25) is 0 Å². The molecule has 2 heteroatoms. The zero-order valence-corrected chi connectivity index (χ0v) is 12.2. The van der Waals surface area contributed by atoms with Crippen molar-refractivity contribution < 1.29 is 0 Å². The van der Waals surface area contributed by atoms with E-state index in [4.69, 9.17) is 11.6 Å². The van der Waals surface area contributed by atoms with Gasteiger partial charge in [-0.15, -0.1) is 0 Å². The van der Waals surface area contributed by atoms with Crippen LogP contribution in [0.4, 0.5) is 0 Å². The summed E-state index contributed by atoms with van der Waals surface area (Å²) < 4.78 is 0. The Kier molecular flexibility index (Phi) is 5.08. The van der Waals surface area contributed by atoms with Crippen LogP contribution in [0.25, 0.3) is 0 Å². The minimum Gasteiger partial charge on any atom is -0.310 e. The van der Waals surface area contributed by atoms with Crippen molar-refractivity contribution in [2.75, 3.05) is 6.54 Å². The minimum absolute atomic E-state index is 0.345. The van der Waals surface area contributed by atoms with Crippen molar-refractivity contribution in [1.82, 2.24) is 5.32 Å². The first-order chi connectivity index (χ1) is 8.66. The molecule has 1 fully saturated rings. The molecular formula is C16H24ClN. The van der Waals surface area contributed by atoms with E-state index in [0.29, 0.717) is 6.04 Å². The molecule has 1 aliphatic rings. The molecule has 1 saturated carbocycles. The second-order valence-electron chi connectivity index (χ2n) is 5.78. The van der Waals surface area contributed by atoms with Crippen LogP contribution < -0.4 is 5.32 Å². The Labute approximate surface area is 116 Å². The average Bonchev–Trinajstić information content (AvgIpc) is 2.38. The van der Waals surface area contributed by atoms with Gasteiger partial charge in [0.25, 0.3) is 0 Å². The molecule has 0 unspecified atom stereocenters. The number of hydrogen-bond donors (Lipinski definition) is 1. The standard InChI is InChI=1S/C16H24ClN/c1-12-7-9-14(10-8-12)11-18-13(2)15-5-3-4-6-16(15)17/h3-6,12-14,18H,7-11H2,1-2H3/t12?,13-,14?/m0/s1. The van der Waals surface area contributed by atoms with Gasteiger partial charge in [-0.05, 0) is 49.8 Å². The van der Waals surface area contributed by atoms with Crippen molar-refractivity contribution in [1.29, 1.82) is 0 Å². The largest absolute Gasteiger partial charge is 0.310 e. The van der Waals surface area contributed by atoms with Crippen LogP contribution in [0.1, 0.15) is 51.1 Å². The zero-order chi connectivity index (χ0) is 13.0. The normalized spacial score (nSPS) is 25.9. The van der Waals surface area contributed by atoms with Gasteiger partial charge in [0.05, 0.1) is 0 Å². The van der Waals surface area contributed by atoms with E-state index in [1.807, 2.05) is 12.1 Å². The molecule has 1 atom stereocenters. The number of nitrogens with one attached hydrogen (secondary N) is 1. The molecule has 1 aromatic rings. The zero-order valence-electron chi connectivity index (χ0n) is 11.5. The van der Waals surface area contributed by atoms with E-state index in [9.17, 15) is 0 Å². The summed E-state index contributed by atoms with van der Waals surface area (Å²) in [5.74, 6) is 1.79. The van der Waals surface area contributed by atoms with Crippen molar-refractivity contribution >= 4 is 11.6 Å². The third kappa shape index (κ3) is 3.73. The van der Waals surface area contributed by atoms with Crippen LogP contribution in [-0.4, -0.2) is 6.54 Å². The van der Waals surface area contributed by atoms with Gasteiger partial charge in [0, 0.05) is 11.1 Å². The minimum atomic E-state index is 0.345. The molecule has 0 spiro atoms. The number of halogens is 1. The lowest BCUT2D eigenvalue weighted by Gasteiger charge is -2.27. The maximum atomic E-state index is 6.22. The number of hydrogen-bond acceptors (Lipinski definition) is 1. The first-order valence-corrected chi connectivity index (χ1v) is 7.52. The van der Waals surface area contributed by atoms with E-state index in [1.54, 1.807) is 0 Å². The molecule has 100 valence electrons. The third-order valence-electron chi connectivity index (χ3n) is 4.22. The Balaban J connectivity index is 1.81. The Morgan fingerprint density at radius 2 is 1.89 bits per heavy atom. The van der Waals surface area contributed by atoms with Crippen LogP contribution in [0.5, 0.6) is 0 Å². The molecule has 0 aliphatic heterocycles. The van der Waals surface area contributed by atoms with Crippen molar-refractivity contribution in [3.63, 3.8) is 0 Å². The van der Waals surface area contributed by atoms with Crippen molar-refractivity contribution in [3.8, 4) is 0 Å². The topological polar surface area (TPSA) is 12.0 Å². The summed E-state index contributed by atoms with van der Waals surface area (Å²) in [7, 11) is 0. The molecule has 0 saturated heterocycles. The van der Waals surface area contributed by atoms with E-state index < -0.39 is 0 Å². The average molecular weight is 266 g/mol. The van der Waals surface area contributed by atoms with Crippen molar-refractivity contribution in [2.45, 2.75) is 45.6 Å². The predicted molar refractivity (Wildman–Crippen MR) is 79.0 cm³/mol. The summed E-state index contributed by atoms with van der Waals surface area (Å²) in [6, 6.07) is 8.47. The van der Waals surface area contributed by atoms with Gasteiger partial charge < -0.3 is 5.32 Å². The molecule has 2 rings (SSSR count). The van der Waals surface area contributed by atoms with Crippen molar-refractivity contribution in [2.24, 2.45) is 11.8 Å². The van der Waals surface area contributed by atoms with Gasteiger partial charge >= 0.3 is 0 Å². The molecule has 18 heavy (non-hydrogen) atoms. The van der Waals surface area contributed by atoms with Crippen LogP contribution in [-0.2, 0) is 0 Å². The fourth-order valence-corrected chi connectivity index (χ4v) is 3.11. The summed E-state index contributed by atoms with van der Waals surface area (Å²) in [4.78, 5) is 0. The second-order valence-corrected chi connectivity index (χ2v) is 6.18.